The number of sulfone groups is 1. The Morgan fingerprint density at radius 2 is 1.75 bits per heavy atom. The van der Waals surface area contributed by atoms with Crippen LogP contribution < -0.4 is 10.2 Å². The zero-order valence-electron chi connectivity index (χ0n) is 17.1. The van der Waals surface area contributed by atoms with Gasteiger partial charge in [0.15, 0.2) is 0 Å². The lowest BCUT2D eigenvalue weighted by molar-refractivity contribution is 0.340. The average molecular weight is 472 g/mol. The number of aromatic nitrogens is 1. The van der Waals surface area contributed by atoms with Crippen LogP contribution in [0.3, 0.4) is 0 Å². The lowest BCUT2D eigenvalue weighted by Gasteiger charge is -2.15. The molecule has 0 atom stereocenters. The molecular weight excluding hydrogens is 453 g/mol. The van der Waals surface area contributed by atoms with Crippen LogP contribution in [0.4, 0.5) is 4.39 Å². The minimum Gasteiger partial charge on any atom is -0.494 e. The van der Waals surface area contributed by atoms with Crippen molar-refractivity contribution in [2.45, 2.75) is 23.3 Å². The van der Waals surface area contributed by atoms with Gasteiger partial charge in [0.1, 0.15) is 16.5 Å². The average Bonchev–Trinajstić information content (AvgIpc) is 2.77. The molecule has 32 heavy (non-hydrogen) atoms. The first-order valence-corrected chi connectivity index (χ1v) is 11.7. The second kappa shape index (κ2) is 8.76. The molecule has 0 fully saturated rings. The predicted octanol–water partition coefficient (Wildman–Crippen LogP) is 5.07. The molecular formula is C24H19ClFNO4S. The predicted molar refractivity (Wildman–Crippen MR) is 122 cm³/mol. The van der Waals surface area contributed by atoms with Gasteiger partial charge in [-0.05, 0) is 61.0 Å². The van der Waals surface area contributed by atoms with E-state index in [2.05, 4.69) is 0 Å². The Morgan fingerprint density at radius 1 is 1.03 bits per heavy atom. The SMILES string of the molecule is CCOc1ccc(S(=O)(=O)c2cn(Cc3ccccc3Cl)c3ccc(F)cc3c2=O)cc1. The number of fused-ring (bicyclic) bond motifs is 1. The summed E-state index contributed by atoms with van der Waals surface area (Å²) in [5, 5.41) is 0.474. The summed E-state index contributed by atoms with van der Waals surface area (Å²) in [4.78, 5) is 12.6. The van der Waals surface area contributed by atoms with Crippen LogP contribution in [0.2, 0.25) is 5.02 Å². The van der Waals surface area contributed by atoms with Crippen molar-refractivity contribution < 1.29 is 17.5 Å². The summed E-state index contributed by atoms with van der Waals surface area (Å²) in [6.07, 6.45) is 1.29. The molecule has 0 aliphatic carbocycles. The maximum absolute atomic E-state index is 14.0. The van der Waals surface area contributed by atoms with Gasteiger partial charge in [0.2, 0.25) is 15.3 Å². The maximum Gasteiger partial charge on any atom is 0.211 e. The van der Waals surface area contributed by atoms with Crippen molar-refractivity contribution in [2.75, 3.05) is 6.61 Å². The quantitative estimate of drug-likeness (QED) is 0.393. The summed E-state index contributed by atoms with van der Waals surface area (Å²) in [7, 11) is -4.17. The van der Waals surface area contributed by atoms with Gasteiger partial charge in [0.05, 0.1) is 17.0 Å². The second-order valence-electron chi connectivity index (χ2n) is 7.11. The van der Waals surface area contributed by atoms with Gasteiger partial charge < -0.3 is 9.30 Å². The fraction of sp³-hybridized carbons (Fsp3) is 0.125. The van der Waals surface area contributed by atoms with E-state index in [4.69, 9.17) is 16.3 Å². The van der Waals surface area contributed by atoms with Crippen LogP contribution in [0.5, 0.6) is 5.75 Å². The molecule has 0 N–H and O–H groups in total. The Bertz CT molecular complexity index is 1460. The third-order valence-electron chi connectivity index (χ3n) is 5.04. The van der Waals surface area contributed by atoms with Crippen LogP contribution in [0.15, 0.2) is 87.5 Å². The summed E-state index contributed by atoms with van der Waals surface area (Å²) in [6.45, 7) is 2.46. The molecule has 3 aromatic carbocycles. The van der Waals surface area contributed by atoms with Gasteiger partial charge in [-0.25, -0.2) is 12.8 Å². The Balaban J connectivity index is 1.92. The molecule has 8 heteroatoms. The topological polar surface area (TPSA) is 65.4 Å². The minimum atomic E-state index is -4.17. The van der Waals surface area contributed by atoms with E-state index < -0.39 is 26.0 Å². The molecule has 0 radical (unpaired) electrons. The minimum absolute atomic E-state index is 0.0240. The lowest BCUT2D eigenvalue weighted by Crippen LogP contribution is -2.20. The molecule has 0 spiro atoms. The van der Waals surface area contributed by atoms with Crippen LogP contribution in [-0.4, -0.2) is 19.6 Å². The highest BCUT2D eigenvalue weighted by atomic mass is 35.5. The van der Waals surface area contributed by atoms with Gasteiger partial charge in [0, 0.05) is 23.2 Å². The summed E-state index contributed by atoms with van der Waals surface area (Å²) in [6, 6.07) is 16.7. The van der Waals surface area contributed by atoms with Crippen LogP contribution >= 0.6 is 11.6 Å². The highest BCUT2D eigenvalue weighted by Gasteiger charge is 2.24. The van der Waals surface area contributed by atoms with Crippen LogP contribution in [0, 0.1) is 5.82 Å². The standard InChI is InChI=1S/C24H19ClFNO4S/c1-2-31-18-8-10-19(11-9-18)32(29,30)23-15-27(14-16-5-3-4-6-21(16)25)22-12-7-17(26)13-20(22)24(23)28/h3-13,15H,2,14H2,1H3. The normalized spacial score (nSPS) is 11.6. The molecule has 4 aromatic rings. The van der Waals surface area contributed by atoms with Gasteiger partial charge in [-0.15, -0.1) is 0 Å². The van der Waals surface area contributed by atoms with E-state index in [9.17, 15) is 17.6 Å². The molecule has 0 aliphatic rings. The summed E-state index contributed by atoms with van der Waals surface area (Å²) < 4.78 is 47.6. The smallest absolute Gasteiger partial charge is 0.211 e. The van der Waals surface area contributed by atoms with Crippen molar-refractivity contribution >= 4 is 32.3 Å². The summed E-state index contributed by atoms with van der Waals surface area (Å²) in [5.74, 6) is -0.113. The van der Waals surface area contributed by atoms with Crippen molar-refractivity contribution in [1.29, 1.82) is 0 Å². The van der Waals surface area contributed by atoms with Gasteiger partial charge >= 0.3 is 0 Å². The van der Waals surface area contributed by atoms with E-state index in [1.165, 1.54) is 42.6 Å². The molecule has 0 unspecified atom stereocenters. The third kappa shape index (κ3) is 4.13. The third-order valence-corrected chi connectivity index (χ3v) is 7.17. The molecule has 1 heterocycles. The molecule has 0 bridgehead atoms. The van der Waals surface area contributed by atoms with Crippen LogP contribution in [-0.2, 0) is 16.4 Å². The van der Waals surface area contributed by atoms with Crippen LogP contribution in [0.25, 0.3) is 10.9 Å². The molecule has 1 aromatic heterocycles. The number of halogens is 2. The Hall–Kier alpha value is -3.16. The van der Waals surface area contributed by atoms with E-state index in [-0.39, 0.29) is 16.8 Å². The Morgan fingerprint density at radius 3 is 2.44 bits per heavy atom. The van der Waals surface area contributed by atoms with Crippen molar-refractivity contribution in [3.8, 4) is 5.75 Å². The van der Waals surface area contributed by atoms with Crippen molar-refractivity contribution in [3.63, 3.8) is 0 Å². The highest BCUT2D eigenvalue weighted by molar-refractivity contribution is 7.91. The molecule has 0 saturated carbocycles. The zero-order valence-corrected chi connectivity index (χ0v) is 18.7. The first-order chi connectivity index (χ1) is 15.3. The first kappa shape index (κ1) is 22.0. The number of hydrogen-bond donors (Lipinski definition) is 0. The number of ether oxygens (including phenoxy) is 1. The molecule has 4 rings (SSSR count). The summed E-state index contributed by atoms with van der Waals surface area (Å²) >= 11 is 6.28. The number of nitrogens with zero attached hydrogens (tertiary/aromatic N) is 1. The number of rotatable bonds is 6. The van der Waals surface area contributed by atoms with E-state index in [1.807, 2.05) is 13.0 Å². The highest BCUT2D eigenvalue weighted by Crippen LogP contribution is 2.25. The van der Waals surface area contributed by atoms with Gasteiger partial charge in [0.25, 0.3) is 0 Å². The van der Waals surface area contributed by atoms with E-state index in [0.717, 1.165) is 11.6 Å². The number of hydrogen-bond acceptors (Lipinski definition) is 4. The molecule has 164 valence electrons. The van der Waals surface area contributed by atoms with Gasteiger partial charge in [-0.3, -0.25) is 4.79 Å². The van der Waals surface area contributed by atoms with E-state index in [1.54, 1.807) is 22.8 Å². The maximum atomic E-state index is 14.0. The fourth-order valence-electron chi connectivity index (χ4n) is 3.48. The molecule has 0 saturated heterocycles. The molecule has 0 aliphatic heterocycles. The van der Waals surface area contributed by atoms with Crippen molar-refractivity contribution in [2.24, 2.45) is 0 Å². The fourth-order valence-corrected chi connectivity index (χ4v) is 5.05. The lowest BCUT2D eigenvalue weighted by atomic mass is 10.1. The van der Waals surface area contributed by atoms with E-state index in [0.29, 0.717) is 22.9 Å². The van der Waals surface area contributed by atoms with Gasteiger partial charge in [-0.1, -0.05) is 29.8 Å². The van der Waals surface area contributed by atoms with Gasteiger partial charge in [-0.2, -0.15) is 0 Å². The first-order valence-electron chi connectivity index (χ1n) is 9.85. The number of benzene rings is 3. The second-order valence-corrected chi connectivity index (χ2v) is 9.44. The molecule has 5 nitrogen and oxygen atoms in total. The number of pyridine rings is 1. The molecule has 0 amide bonds. The Labute approximate surface area is 189 Å². The van der Waals surface area contributed by atoms with Crippen molar-refractivity contribution in [1.82, 2.24) is 4.57 Å². The zero-order chi connectivity index (χ0) is 22.9. The largest absolute Gasteiger partial charge is 0.494 e. The van der Waals surface area contributed by atoms with Crippen LogP contribution in [0.1, 0.15) is 12.5 Å². The monoisotopic (exact) mass is 471 g/mol. The van der Waals surface area contributed by atoms with E-state index >= 15 is 0 Å². The van der Waals surface area contributed by atoms with Crippen molar-refractivity contribution in [3.05, 3.63) is 99.6 Å². The Kier molecular flexibility index (Phi) is 6.04. The summed E-state index contributed by atoms with van der Waals surface area (Å²) in [5.41, 5.74) is 0.374.